The number of anilines is 1. The molecule has 1 saturated heterocycles. The highest BCUT2D eigenvalue weighted by Gasteiger charge is 2.26. The summed E-state index contributed by atoms with van der Waals surface area (Å²) in [5.74, 6) is 0.746. The molecule has 0 bridgehead atoms. The van der Waals surface area contributed by atoms with Gasteiger partial charge in [0.25, 0.3) is 0 Å². The molecule has 1 aliphatic heterocycles. The number of nitrogens with one attached hydrogen (secondary N) is 1. The minimum atomic E-state index is -1.10. The maximum absolute atomic E-state index is 10.1. The van der Waals surface area contributed by atoms with Crippen molar-refractivity contribution in [2.45, 2.75) is 51.4 Å². The van der Waals surface area contributed by atoms with Crippen molar-refractivity contribution in [2.24, 2.45) is 5.92 Å². The Hall–Kier alpha value is -2.36. The summed E-state index contributed by atoms with van der Waals surface area (Å²) < 4.78 is 0. The number of aromatic nitrogens is 3. The first-order chi connectivity index (χ1) is 16.7. The lowest BCUT2D eigenvalue weighted by Crippen LogP contribution is -2.45. The average Bonchev–Trinajstić information content (AvgIpc) is 2.85. The lowest BCUT2D eigenvalue weighted by Gasteiger charge is -2.37. The SMILES string of the molecule is CC(Nc1c(Cl)cnc2ccc(-c3cnc(C(C)(C)O)nc3)cc12)[C@H]1CCCN(CC(O)CO)C1. The van der Waals surface area contributed by atoms with Crippen LogP contribution < -0.4 is 5.32 Å². The van der Waals surface area contributed by atoms with E-state index >= 15 is 0 Å². The van der Waals surface area contributed by atoms with E-state index in [1.54, 1.807) is 32.4 Å². The van der Waals surface area contributed by atoms with Crippen molar-refractivity contribution < 1.29 is 15.3 Å². The van der Waals surface area contributed by atoms with E-state index in [-0.39, 0.29) is 12.6 Å². The summed E-state index contributed by atoms with van der Waals surface area (Å²) in [7, 11) is 0. The van der Waals surface area contributed by atoms with Crippen LogP contribution in [0.5, 0.6) is 0 Å². The van der Waals surface area contributed by atoms with Crippen LogP contribution in [0.4, 0.5) is 5.69 Å². The van der Waals surface area contributed by atoms with E-state index in [0.717, 1.165) is 53.6 Å². The van der Waals surface area contributed by atoms with Crippen molar-refractivity contribution in [3.8, 4) is 11.1 Å². The molecular weight excluding hydrogens is 466 g/mol. The van der Waals surface area contributed by atoms with Gasteiger partial charge in [-0.2, -0.15) is 0 Å². The predicted octanol–water partition coefficient (Wildman–Crippen LogP) is 3.44. The predicted molar refractivity (Wildman–Crippen MR) is 138 cm³/mol. The second-order valence-corrected chi connectivity index (χ2v) is 10.4. The molecule has 0 radical (unpaired) electrons. The van der Waals surface area contributed by atoms with Crippen molar-refractivity contribution in [1.82, 2.24) is 19.9 Å². The number of aliphatic hydroxyl groups is 3. The monoisotopic (exact) mass is 499 g/mol. The van der Waals surface area contributed by atoms with Crippen LogP contribution in [-0.4, -0.2) is 73.6 Å². The maximum atomic E-state index is 10.1. The van der Waals surface area contributed by atoms with E-state index in [2.05, 4.69) is 32.1 Å². The molecular formula is C26H34ClN5O3. The van der Waals surface area contributed by atoms with Crippen LogP contribution in [0.3, 0.4) is 0 Å². The Balaban J connectivity index is 1.58. The zero-order valence-corrected chi connectivity index (χ0v) is 21.2. The highest BCUT2D eigenvalue weighted by Crippen LogP contribution is 2.34. The van der Waals surface area contributed by atoms with Crippen LogP contribution in [-0.2, 0) is 5.60 Å². The number of fused-ring (bicyclic) bond motifs is 1. The molecule has 0 aliphatic carbocycles. The van der Waals surface area contributed by atoms with Crippen molar-refractivity contribution >= 4 is 28.2 Å². The van der Waals surface area contributed by atoms with Crippen LogP contribution in [0.15, 0.2) is 36.8 Å². The second-order valence-electron chi connectivity index (χ2n) is 10.00. The largest absolute Gasteiger partial charge is 0.394 e. The molecule has 1 aliphatic rings. The summed E-state index contributed by atoms with van der Waals surface area (Å²) in [5.41, 5.74) is 2.34. The Morgan fingerprint density at radius 3 is 2.60 bits per heavy atom. The van der Waals surface area contributed by atoms with Crippen molar-refractivity contribution in [3.05, 3.63) is 47.6 Å². The molecule has 188 valence electrons. The van der Waals surface area contributed by atoms with Gasteiger partial charge in [-0.3, -0.25) is 4.98 Å². The number of β-amino-alcohol motifs (C(OH)–C–C–N with tert-alkyl or cyclic N) is 1. The molecule has 3 heterocycles. The van der Waals surface area contributed by atoms with Crippen LogP contribution in [0.1, 0.15) is 39.4 Å². The summed E-state index contributed by atoms with van der Waals surface area (Å²) in [4.78, 5) is 15.4. The van der Waals surface area contributed by atoms with Crippen molar-refractivity contribution in [1.29, 1.82) is 0 Å². The lowest BCUT2D eigenvalue weighted by atomic mass is 9.91. The fraction of sp³-hybridized carbons (Fsp3) is 0.500. The molecule has 1 fully saturated rings. The molecule has 0 amide bonds. The Labute approximate surface area is 211 Å². The van der Waals surface area contributed by atoms with E-state index in [9.17, 15) is 15.3 Å². The highest BCUT2D eigenvalue weighted by molar-refractivity contribution is 6.34. The minimum Gasteiger partial charge on any atom is -0.394 e. The summed E-state index contributed by atoms with van der Waals surface area (Å²) in [6.07, 6.45) is 6.51. The van der Waals surface area contributed by atoms with Crippen molar-refractivity contribution in [2.75, 3.05) is 31.6 Å². The molecule has 1 aromatic carbocycles. The van der Waals surface area contributed by atoms with E-state index in [1.807, 2.05) is 18.2 Å². The van der Waals surface area contributed by atoms with Crippen LogP contribution in [0, 0.1) is 5.92 Å². The Morgan fingerprint density at radius 1 is 1.17 bits per heavy atom. The summed E-state index contributed by atoms with van der Waals surface area (Å²) in [6, 6.07) is 6.12. The van der Waals surface area contributed by atoms with Gasteiger partial charge < -0.3 is 25.5 Å². The molecule has 2 aromatic heterocycles. The molecule has 4 rings (SSSR count). The van der Waals surface area contributed by atoms with Gasteiger partial charge in [-0.15, -0.1) is 0 Å². The third-order valence-electron chi connectivity index (χ3n) is 6.65. The van der Waals surface area contributed by atoms with Gasteiger partial charge in [0.2, 0.25) is 0 Å². The first kappa shape index (κ1) is 25.7. The highest BCUT2D eigenvalue weighted by atomic mass is 35.5. The fourth-order valence-corrected chi connectivity index (χ4v) is 4.86. The zero-order chi connectivity index (χ0) is 25.2. The Bertz CT molecular complexity index is 1150. The van der Waals surface area contributed by atoms with Gasteiger partial charge >= 0.3 is 0 Å². The maximum Gasteiger partial charge on any atom is 0.159 e. The number of pyridine rings is 1. The fourth-order valence-electron chi connectivity index (χ4n) is 4.65. The molecule has 9 heteroatoms. The van der Waals surface area contributed by atoms with Gasteiger partial charge in [-0.25, -0.2) is 9.97 Å². The van der Waals surface area contributed by atoms with Crippen molar-refractivity contribution in [3.63, 3.8) is 0 Å². The summed E-state index contributed by atoms with van der Waals surface area (Å²) in [6.45, 7) is 7.51. The Morgan fingerprint density at radius 2 is 1.91 bits per heavy atom. The van der Waals surface area contributed by atoms with Crippen LogP contribution in [0.2, 0.25) is 5.02 Å². The van der Waals surface area contributed by atoms with Gasteiger partial charge in [0.15, 0.2) is 5.82 Å². The zero-order valence-electron chi connectivity index (χ0n) is 20.4. The smallest absolute Gasteiger partial charge is 0.159 e. The van der Waals surface area contributed by atoms with E-state index in [4.69, 9.17) is 11.6 Å². The molecule has 8 nitrogen and oxygen atoms in total. The first-order valence-corrected chi connectivity index (χ1v) is 12.4. The van der Waals surface area contributed by atoms with Crippen LogP contribution >= 0.6 is 11.6 Å². The molecule has 2 unspecified atom stereocenters. The first-order valence-electron chi connectivity index (χ1n) is 12.1. The van der Waals surface area contributed by atoms with E-state index in [1.165, 1.54) is 0 Å². The number of hydrogen-bond donors (Lipinski definition) is 4. The number of benzene rings is 1. The quantitative estimate of drug-likeness (QED) is 0.372. The van der Waals surface area contributed by atoms with E-state index < -0.39 is 11.7 Å². The molecule has 0 saturated carbocycles. The molecule has 4 N–H and O–H groups in total. The minimum absolute atomic E-state index is 0.144. The van der Waals surface area contributed by atoms with Gasteiger partial charge in [0, 0.05) is 48.7 Å². The third-order valence-corrected chi connectivity index (χ3v) is 6.94. The number of nitrogens with zero attached hydrogens (tertiary/aromatic N) is 4. The third kappa shape index (κ3) is 6.08. The van der Waals surface area contributed by atoms with Gasteiger partial charge in [-0.05, 0) is 63.8 Å². The number of rotatable bonds is 8. The number of piperidine rings is 1. The molecule has 3 atom stereocenters. The Kier molecular flexibility index (Phi) is 7.88. The summed E-state index contributed by atoms with van der Waals surface area (Å²) in [5, 5.41) is 34.3. The molecule has 3 aromatic rings. The van der Waals surface area contributed by atoms with E-state index in [0.29, 0.717) is 23.3 Å². The molecule has 35 heavy (non-hydrogen) atoms. The lowest BCUT2D eigenvalue weighted by molar-refractivity contribution is 0.0431. The van der Waals surface area contributed by atoms with Gasteiger partial charge in [-0.1, -0.05) is 17.7 Å². The average molecular weight is 500 g/mol. The number of likely N-dealkylation sites (tertiary alicyclic amines) is 1. The topological polar surface area (TPSA) is 115 Å². The number of hydrogen-bond acceptors (Lipinski definition) is 8. The number of halogens is 1. The van der Waals surface area contributed by atoms with Crippen LogP contribution in [0.25, 0.3) is 22.0 Å². The second kappa shape index (κ2) is 10.7. The summed E-state index contributed by atoms with van der Waals surface area (Å²) >= 11 is 6.62. The standard InChI is InChI=1S/C26H34ClN5O3/c1-16(18-5-4-8-32(13-18)14-20(34)15-33)31-24-21-9-17(6-7-23(21)28-12-22(24)27)19-10-29-25(30-11-19)26(2,3)35/h6-7,9-12,16,18,20,33-35H,4-5,8,13-15H2,1-3H3,(H,28,31)/t16?,18-,20?/m0/s1. The normalized spacial score (nSPS) is 19.0. The number of aliphatic hydroxyl groups excluding tert-OH is 2. The van der Waals surface area contributed by atoms with Gasteiger partial charge in [0.05, 0.1) is 28.9 Å². The van der Waals surface area contributed by atoms with Gasteiger partial charge in [0.1, 0.15) is 5.60 Å². The molecule has 0 spiro atoms.